The fourth-order valence-electron chi connectivity index (χ4n) is 1.68. The highest BCUT2D eigenvalue weighted by molar-refractivity contribution is 5.44. The van der Waals surface area contributed by atoms with E-state index in [0.29, 0.717) is 5.69 Å². The quantitative estimate of drug-likeness (QED) is 0.659. The lowest BCUT2D eigenvalue weighted by atomic mass is 10.3. The second-order valence-electron chi connectivity index (χ2n) is 3.54. The summed E-state index contributed by atoms with van der Waals surface area (Å²) in [5, 5.41) is 3.30. The van der Waals surface area contributed by atoms with Crippen LogP contribution in [0.1, 0.15) is 11.5 Å². The van der Waals surface area contributed by atoms with Gasteiger partial charge >= 0.3 is 0 Å². The van der Waals surface area contributed by atoms with Crippen LogP contribution in [0.3, 0.4) is 0 Å². The summed E-state index contributed by atoms with van der Waals surface area (Å²) in [6, 6.07) is 1.87. The Balaban J connectivity index is 2.27. The van der Waals surface area contributed by atoms with Crippen LogP contribution in [0.4, 0.5) is 5.82 Å². The summed E-state index contributed by atoms with van der Waals surface area (Å²) in [6.07, 6.45) is 5.35. The van der Waals surface area contributed by atoms with Crippen molar-refractivity contribution in [1.82, 2.24) is 15.3 Å². The molecule has 1 fully saturated rings. The van der Waals surface area contributed by atoms with Gasteiger partial charge in [-0.2, -0.15) is 0 Å². The lowest BCUT2D eigenvalue weighted by Crippen LogP contribution is -2.44. The Morgan fingerprint density at radius 1 is 1.40 bits per heavy atom. The van der Waals surface area contributed by atoms with Gasteiger partial charge in [-0.1, -0.05) is 5.92 Å². The molecule has 2 heterocycles. The molecule has 1 saturated heterocycles. The van der Waals surface area contributed by atoms with Crippen LogP contribution in [-0.2, 0) is 0 Å². The molecule has 0 aliphatic carbocycles. The van der Waals surface area contributed by atoms with Crippen LogP contribution < -0.4 is 10.2 Å². The average Bonchev–Trinajstić information content (AvgIpc) is 2.29. The second-order valence-corrected chi connectivity index (χ2v) is 3.54. The fourth-order valence-corrected chi connectivity index (χ4v) is 1.68. The Morgan fingerprint density at radius 3 is 2.80 bits per heavy atom. The highest BCUT2D eigenvalue weighted by atomic mass is 15.2. The molecule has 0 bridgehead atoms. The van der Waals surface area contributed by atoms with Gasteiger partial charge < -0.3 is 10.2 Å². The van der Waals surface area contributed by atoms with Crippen molar-refractivity contribution in [3.8, 4) is 12.3 Å². The van der Waals surface area contributed by atoms with Crippen LogP contribution in [0, 0.1) is 19.3 Å². The van der Waals surface area contributed by atoms with E-state index in [1.54, 1.807) is 0 Å². The van der Waals surface area contributed by atoms with Gasteiger partial charge in [-0.25, -0.2) is 9.97 Å². The predicted molar refractivity (Wildman–Crippen MR) is 59.8 cm³/mol. The maximum absolute atomic E-state index is 5.35. The lowest BCUT2D eigenvalue weighted by Gasteiger charge is -2.28. The number of piperazine rings is 1. The van der Waals surface area contributed by atoms with E-state index in [2.05, 4.69) is 26.1 Å². The van der Waals surface area contributed by atoms with E-state index in [1.807, 2.05) is 13.0 Å². The van der Waals surface area contributed by atoms with Crippen molar-refractivity contribution < 1.29 is 0 Å². The van der Waals surface area contributed by atoms with Gasteiger partial charge in [0.2, 0.25) is 0 Å². The first-order valence-corrected chi connectivity index (χ1v) is 5.07. The number of nitrogens with one attached hydrogen (secondary N) is 1. The molecule has 1 aromatic rings. The molecule has 15 heavy (non-hydrogen) atoms. The first-order valence-electron chi connectivity index (χ1n) is 5.07. The smallest absolute Gasteiger partial charge is 0.133 e. The van der Waals surface area contributed by atoms with Crippen LogP contribution in [0.15, 0.2) is 6.07 Å². The maximum Gasteiger partial charge on any atom is 0.133 e. The normalized spacial score (nSPS) is 16.1. The summed E-state index contributed by atoms with van der Waals surface area (Å²) in [6.45, 7) is 5.80. The number of hydrogen-bond acceptors (Lipinski definition) is 4. The van der Waals surface area contributed by atoms with Crippen LogP contribution >= 0.6 is 0 Å². The van der Waals surface area contributed by atoms with E-state index in [-0.39, 0.29) is 0 Å². The molecule has 4 nitrogen and oxygen atoms in total. The van der Waals surface area contributed by atoms with Crippen molar-refractivity contribution in [1.29, 1.82) is 0 Å². The third-order valence-electron chi connectivity index (χ3n) is 2.41. The third kappa shape index (κ3) is 2.25. The van der Waals surface area contributed by atoms with Gasteiger partial charge in [0.1, 0.15) is 17.3 Å². The van der Waals surface area contributed by atoms with E-state index >= 15 is 0 Å². The molecule has 1 aliphatic rings. The molecule has 0 aromatic carbocycles. The standard InChI is InChI=1S/C11H14N4/c1-3-10-8-11(14-9(2)13-10)15-6-4-12-5-7-15/h1,8,12H,4-7H2,2H3. The van der Waals surface area contributed by atoms with Crippen molar-refractivity contribution in [2.45, 2.75) is 6.92 Å². The van der Waals surface area contributed by atoms with E-state index in [9.17, 15) is 0 Å². The van der Waals surface area contributed by atoms with Crippen molar-refractivity contribution in [2.75, 3.05) is 31.1 Å². The van der Waals surface area contributed by atoms with Gasteiger partial charge in [-0.05, 0) is 6.92 Å². The molecule has 0 spiro atoms. The monoisotopic (exact) mass is 202 g/mol. The first kappa shape index (κ1) is 9.94. The van der Waals surface area contributed by atoms with Gasteiger partial charge in [-0.15, -0.1) is 6.42 Å². The number of hydrogen-bond donors (Lipinski definition) is 1. The van der Waals surface area contributed by atoms with Crippen LogP contribution in [-0.4, -0.2) is 36.1 Å². The van der Waals surface area contributed by atoms with Gasteiger partial charge in [0.05, 0.1) is 0 Å². The molecule has 2 rings (SSSR count). The van der Waals surface area contributed by atoms with Crippen LogP contribution in [0.25, 0.3) is 0 Å². The number of rotatable bonds is 1. The molecule has 1 N–H and O–H groups in total. The number of aryl methyl sites for hydroxylation is 1. The zero-order valence-electron chi connectivity index (χ0n) is 8.82. The summed E-state index contributed by atoms with van der Waals surface area (Å²) in [5.74, 6) is 4.23. The summed E-state index contributed by atoms with van der Waals surface area (Å²) in [5.41, 5.74) is 0.663. The molecule has 0 unspecified atom stereocenters. The third-order valence-corrected chi connectivity index (χ3v) is 2.41. The number of terminal acetylenes is 1. The Kier molecular flexibility index (Phi) is 2.84. The minimum atomic E-state index is 0.663. The van der Waals surface area contributed by atoms with Gasteiger partial charge in [0.15, 0.2) is 0 Å². The lowest BCUT2D eigenvalue weighted by molar-refractivity contribution is 0.584. The number of aromatic nitrogens is 2. The number of anilines is 1. The summed E-state index contributed by atoms with van der Waals surface area (Å²) in [4.78, 5) is 10.8. The Bertz CT molecular complexity index is 388. The van der Waals surface area contributed by atoms with E-state index in [0.717, 1.165) is 37.8 Å². The SMILES string of the molecule is C#Cc1cc(N2CCNCC2)nc(C)n1. The topological polar surface area (TPSA) is 41.0 Å². The molecular formula is C11H14N4. The van der Waals surface area contributed by atoms with E-state index < -0.39 is 0 Å². The molecule has 1 aromatic heterocycles. The van der Waals surface area contributed by atoms with Gasteiger partial charge in [0, 0.05) is 32.2 Å². The molecule has 0 saturated carbocycles. The van der Waals surface area contributed by atoms with Crippen LogP contribution in [0.5, 0.6) is 0 Å². The summed E-state index contributed by atoms with van der Waals surface area (Å²) in [7, 11) is 0. The average molecular weight is 202 g/mol. The zero-order valence-corrected chi connectivity index (χ0v) is 8.82. The Hall–Kier alpha value is -1.60. The number of nitrogens with zero attached hydrogens (tertiary/aromatic N) is 3. The Morgan fingerprint density at radius 2 is 2.13 bits per heavy atom. The van der Waals surface area contributed by atoms with Crippen molar-refractivity contribution in [3.05, 3.63) is 17.6 Å². The zero-order chi connectivity index (χ0) is 10.7. The minimum Gasteiger partial charge on any atom is -0.354 e. The first-order chi connectivity index (χ1) is 7.29. The molecule has 4 heteroatoms. The van der Waals surface area contributed by atoms with Crippen molar-refractivity contribution >= 4 is 5.82 Å². The maximum atomic E-state index is 5.35. The molecule has 1 aliphatic heterocycles. The van der Waals surface area contributed by atoms with Crippen molar-refractivity contribution in [2.24, 2.45) is 0 Å². The van der Waals surface area contributed by atoms with E-state index in [1.165, 1.54) is 0 Å². The second kappa shape index (κ2) is 4.28. The molecule has 0 radical (unpaired) electrons. The van der Waals surface area contributed by atoms with Gasteiger partial charge in [0.25, 0.3) is 0 Å². The largest absolute Gasteiger partial charge is 0.354 e. The van der Waals surface area contributed by atoms with Gasteiger partial charge in [-0.3, -0.25) is 0 Å². The highest BCUT2D eigenvalue weighted by Gasteiger charge is 2.12. The fraction of sp³-hybridized carbons (Fsp3) is 0.455. The Labute approximate surface area is 89.7 Å². The molecular weight excluding hydrogens is 188 g/mol. The van der Waals surface area contributed by atoms with E-state index in [4.69, 9.17) is 6.42 Å². The predicted octanol–water partition coefficient (Wildman–Crippen LogP) is 0.176. The van der Waals surface area contributed by atoms with Crippen molar-refractivity contribution in [3.63, 3.8) is 0 Å². The van der Waals surface area contributed by atoms with Crippen LogP contribution in [0.2, 0.25) is 0 Å². The summed E-state index contributed by atoms with van der Waals surface area (Å²) < 4.78 is 0. The molecule has 0 amide bonds. The highest BCUT2D eigenvalue weighted by Crippen LogP contribution is 2.12. The molecule has 0 atom stereocenters. The minimum absolute atomic E-state index is 0.663. The molecule has 78 valence electrons. The summed E-state index contributed by atoms with van der Waals surface area (Å²) >= 11 is 0.